The van der Waals surface area contributed by atoms with Gasteiger partial charge in [-0.05, 0) is 73.5 Å². The minimum Gasteiger partial charge on any atom is -0.481 e. The number of aryl methyl sites for hydroxylation is 1. The summed E-state index contributed by atoms with van der Waals surface area (Å²) in [7, 11) is -4.14. The van der Waals surface area contributed by atoms with Crippen molar-refractivity contribution in [1.82, 2.24) is 0 Å². The number of ether oxygens (including phenoxy) is 1. The first-order valence-electron chi connectivity index (χ1n) is 10.3. The lowest BCUT2D eigenvalue weighted by Crippen LogP contribution is -2.32. The highest BCUT2D eigenvalue weighted by Gasteiger charge is 2.30. The van der Waals surface area contributed by atoms with E-state index in [0.717, 1.165) is 17.7 Å². The molecule has 0 aliphatic heterocycles. The second-order valence-electron chi connectivity index (χ2n) is 7.53. The predicted octanol–water partition coefficient (Wildman–Crippen LogP) is 5.61. The number of sulfonamides is 1. The fourth-order valence-electron chi connectivity index (χ4n) is 3.09. The first kappa shape index (κ1) is 25.1. The number of carbonyl (C=O) groups is 1. The summed E-state index contributed by atoms with van der Waals surface area (Å²) in [6.07, 6.45) is -4.94. The predicted molar refractivity (Wildman–Crippen MR) is 123 cm³/mol. The van der Waals surface area contributed by atoms with Gasteiger partial charge in [0.15, 0.2) is 6.10 Å². The van der Waals surface area contributed by atoms with Crippen molar-refractivity contribution in [1.29, 1.82) is 0 Å². The highest BCUT2D eigenvalue weighted by atomic mass is 32.2. The number of nitrogens with one attached hydrogen (secondary N) is 2. The van der Waals surface area contributed by atoms with Crippen molar-refractivity contribution >= 4 is 27.3 Å². The molecule has 6 nitrogen and oxygen atoms in total. The summed E-state index contributed by atoms with van der Waals surface area (Å²) in [5, 5.41) is 2.68. The van der Waals surface area contributed by atoms with Gasteiger partial charge in [-0.2, -0.15) is 13.2 Å². The molecule has 3 aromatic rings. The number of halogens is 3. The zero-order valence-electron chi connectivity index (χ0n) is 18.4. The van der Waals surface area contributed by atoms with Crippen molar-refractivity contribution < 1.29 is 31.1 Å². The molecule has 2 N–H and O–H groups in total. The quantitative estimate of drug-likeness (QED) is 0.428. The van der Waals surface area contributed by atoms with Gasteiger partial charge in [-0.15, -0.1) is 0 Å². The molecule has 0 fully saturated rings. The maximum Gasteiger partial charge on any atom is 0.416 e. The van der Waals surface area contributed by atoms with E-state index in [1.807, 2.05) is 25.1 Å². The average molecular weight is 493 g/mol. The van der Waals surface area contributed by atoms with E-state index >= 15 is 0 Å². The van der Waals surface area contributed by atoms with Crippen molar-refractivity contribution in [3.63, 3.8) is 0 Å². The number of anilines is 2. The van der Waals surface area contributed by atoms with E-state index in [1.165, 1.54) is 30.3 Å². The number of hydrogen-bond donors (Lipinski definition) is 2. The zero-order valence-corrected chi connectivity index (χ0v) is 19.2. The van der Waals surface area contributed by atoms with Crippen LogP contribution >= 0.6 is 0 Å². The molecule has 3 rings (SSSR count). The van der Waals surface area contributed by atoms with E-state index in [1.54, 1.807) is 13.0 Å². The van der Waals surface area contributed by atoms with Crippen LogP contribution in [0.5, 0.6) is 5.75 Å². The van der Waals surface area contributed by atoms with Crippen LogP contribution in [0, 0.1) is 6.92 Å². The van der Waals surface area contributed by atoms with Crippen LogP contribution in [0.4, 0.5) is 24.5 Å². The molecule has 180 valence electrons. The van der Waals surface area contributed by atoms with Gasteiger partial charge in [0.2, 0.25) is 0 Å². The Labute approximate surface area is 195 Å². The first-order valence-corrected chi connectivity index (χ1v) is 11.8. The van der Waals surface area contributed by atoms with E-state index in [2.05, 4.69) is 10.0 Å². The smallest absolute Gasteiger partial charge is 0.416 e. The largest absolute Gasteiger partial charge is 0.481 e. The van der Waals surface area contributed by atoms with E-state index in [-0.39, 0.29) is 10.6 Å². The van der Waals surface area contributed by atoms with Gasteiger partial charge >= 0.3 is 6.18 Å². The zero-order chi connectivity index (χ0) is 24.9. The molecule has 0 unspecified atom stereocenters. The minimum absolute atomic E-state index is 0.175. The van der Waals surface area contributed by atoms with Crippen LogP contribution in [0.2, 0.25) is 0 Å². The summed E-state index contributed by atoms with van der Waals surface area (Å²) >= 11 is 0. The summed E-state index contributed by atoms with van der Waals surface area (Å²) in [6, 6.07) is 16.5. The second kappa shape index (κ2) is 10.2. The molecule has 0 heterocycles. The Morgan fingerprint density at radius 3 is 2.26 bits per heavy atom. The minimum atomic E-state index is -4.60. The van der Waals surface area contributed by atoms with Crippen LogP contribution in [0.1, 0.15) is 24.5 Å². The Kier molecular flexibility index (Phi) is 7.51. The molecule has 0 aliphatic carbocycles. The van der Waals surface area contributed by atoms with Gasteiger partial charge in [0, 0.05) is 11.4 Å². The SMILES string of the molecule is CC[C@@H](Oc1cccc(C)c1)C(=O)Nc1ccc(S(=O)(=O)Nc2cccc(C(F)(F)F)c2)cc1. The summed E-state index contributed by atoms with van der Waals surface area (Å²) in [4.78, 5) is 12.4. The van der Waals surface area contributed by atoms with Gasteiger partial charge in [0.1, 0.15) is 5.75 Å². The van der Waals surface area contributed by atoms with Gasteiger partial charge in [0.05, 0.1) is 10.5 Å². The van der Waals surface area contributed by atoms with Gasteiger partial charge in [-0.1, -0.05) is 25.1 Å². The van der Waals surface area contributed by atoms with Crippen molar-refractivity contribution in [3.8, 4) is 5.75 Å². The van der Waals surface area contributed by atoms with Crippen LogP contribution < -0.4 is 14.8 Å². The molecular weight excluding hydrogens is 469 g/mol. The lowest BCUT2D eigenvalue weighted by atomic mass is 10.2. The monoisotopic (exact) mass is 492 g/mol. The number of alkyl halides is 3. The normalized spacial score (nSPS) is 12.6. The van der Waals surface area contributed by atoms with Gasteiger partial charge in [-0.25, -0.2) is 8.42 Å². The summed E-state index contributed by atoms with van der Waals surface area (Å²) < 4.78 is 71.7. The highest BCUT2D eigenvalue weighted by Crippen LogP contribution is 2.31. The molecule has 34 heavy (non-hydrogen) atoms. The molecule has 3 aromatic carbocycles. The lowest BCUT2D eigenvalue weighted by Gasteiger charge is -2.18. The van der Waals surface area contributed by atoms with Crippen LogP contribution in [-0.4, -0.2) is 20.4 Å². The Balaban J connectivity index is 1.68. The van der Waals surface area contributed by atoms with Crippen LogP contribution in [0.25, 0.3) is 0 Å². The molecule has 0 aromatic heterocycles. The number of carbonyl (C=O) groups excluding carboxylic acids is 1. The van der Waals surface area contributed by atoms with E-state index in [0.29, 0.717) is 23.9 Å². The van der Waals surface area contributed by atoms with Crippen molar-refractivity contribution in [3.05, 3.63) is 83.9 Å². The van der Waals surface area contributed by atoms with Crippen LogP contribution in [0.3, 0.4) is 0 Å². The summed E-state index contributed by atoms with van der Waals surface area (Å²) in [6.45, 7) is 3.71. The third-order valence-electron chi connectivity index (χ3n) is 4.81. The molecule has 0 aliphatic rings. The van der Waals surface area contributed by atoms with E-state index in [4.69, 9.17) is 4.74 Å². The Morgan fingerprint density at radius 2 is 1.65 bits per heavy atom. The lowest BCUT2D eigenvalue weighted by molar-refractivity contribution is -0.137. The summed E-state index contributed by atoms with van der Waals surface area (Å²) in [5.74, 6) is 0.158. The van der Waals surface area contributed by atoms with Crippen molar-refractivity contribution in [2.75, 3.05) is 10.0 Å². The first-order chi connectivity index (χ1) is 16.0. The maximum atomic E-state index is 12.9. The molecule has 1 amide bonds. The van der Waals surface area contributed by atoms with E-state index in [9.17, 15) is 26.4 Å². The third kappa shape index (κ3) is 6.50. The summed E-state index contributed by atoms with van der Waals surface area (Å²) in [5.41, 5.74) is 0.146. The molecule has 0 saturated heterocycles. The molecule has 0 spiro atoms. The number of rotatable bonds is 8. The molecule has 0 radical (unpaired) electrons. The fraction of sp³-hybridized carbons (Fsp3) is 0.208. The highest BCUT2D eigenvalue weighted by molar-refractivity contribution is 7.92. The number of benzene rings is 3. The fourth-order valence-corrected chi connectivity index (χ4v) is 4.14. The molecule has 10 heteroatoms. The molecule has 1 atom stereocenters. The third-order valence-corrected chi connectivity index (χ3v) is 6.20. The van der Waals surface area contributed by atoms with Crippen LogP contribution in [-0.2, 0) is 21.0 Å². The Hall–Kier alpha value is -3.53. The van der Waals surface area contributed by atoms with E-state index < -0.39 is 33.8 Å². The maximum absolute atomic E-state index is 12.9. The molecule has 0 bridgehead atoms. The average Bonchev–Trinajstić information content (AvgIpc) is 2.77. The molecule has 0 saturated carbocycles. The van der Waals surface area contributed by atoms with Crippen LogP contribution in [0.15, 0.2) is 77.7 Å². The van der Waals surface area contributed by atoms with Crippen molar-refractivity contribution in [2.24, 2.45) is 0 Å². The topological polar surface area (TPSA) is 84.5 Å². The standard InChI is InChI=1S/C24H23F3N2O4S/c1-3-22(33-20-9-4-6-16(2)14-20)23(30)28-18-10-12-21(13-11-18)34(31,32)29-19-8-5-7-17(15-19)24(25,26)27/h4-15,22,29H,3H2,1-2H3,(H,28,30)/t22-/m1/s1. The second-order valence-corrected chi connectivity index (χ2v) is 9.21. The Morgan fingerprint density at radius 1 is 0.971 bits per heavy atom. The van der Waals surface area contributed by atoms with Gasteiger partial charge in [0.25, 0.3) is 15.9 Å². The number of amides is 1. The number of hydrogen-bond acceptors (Lipinski definition) is 4. The Bertz CT molecular complexity index is 1260. The van der Waals surface area contributed by atoms with Gasteiger partial charge < -0.3 is 10.1 Å². The molecular formula is C24H23F3N2O4S. The van der Waals surface area contributed by atoms with Gasteiger partial charge in [-0.3, -0.25) is 9.52 Å². The van der Waals surface area contributed by atoms with Crippen molar-refractivity contribution in [2.45, 2.75) is 37.4 Å².